The number of halogens is 1. The number of furan rings is 1. The van der Waals surface area contributed by atoms with Crippen LogP contribution in [0.3, 0.4) is 0 Å². The molecule has 0 saturated carbocycles. The number of hydrogen-bond donors (Lipinski definition) is 1. The second-order valence-electron chi connectivity index (χ2n) is 7.20. The number of benzene rings is 1. The maximum absolute atomic E-state index is 12.7. The fourth-order valence-electron chi connectivity index (χ4n) is 3.47. The predicted molar refractivity (Wildman–Crippen MR) is 115 cm³/mol. The highest BCUT2D eigenvalue weighted by molar-refractivity contribution is 6.30. The normalized spacial score (nSPS) is 14.7. The number of nitrogens with zero attached hydrogens (tertiary/aromatic N) is 3. The van der Waals surface area contributed by atoms with E-state index in [2.05, 4.69) is 15.3 Å². The Kier molecular flexibility index (Phi) is 6.84. The number of ether oxygens (including phenoxy) is 1. The van der Waals surface area contributed by atoms with Crippen LogP contribution in [0, 0.1) is 0 Å². The lowest BCUT2D eigenvalue weighted by atomic mass is 10.2. The van der Waals surface area contributed by atoms with Crippen LogP contribution < -0.4 is 5.32 Å². The molecule has 2 aromatic heterocycles. The molecule has 1 N–H and O–H groups in total. The van der Waals surface area contributed by atoms with E-state index in [9.17, 15) is 4.79 Å². The molecule has 3 heterocycles. The number of carbonyl (C=O) groups excluding carboxylic acids is 1. The van der Waals surface area contributed by atoms with Crippen molar-refractivity contribution in [2.45, 2.75) is 12.8 Å². The van der Waals surface area contributed by atoms with Crippen LogP contribution in [0.15, 0.2) is 53.1 Å². The third-order valence-corrected chi connectivity index (χ3v) is 5.29. The molecule has 1 aromatic carbocycles. The molecule has 4 rings (SSSR count). The van der Waals surface area contributed by atoms with E-state index in [4.69, 9.17) is 20.8 Å². The van der Waals surface area contributed by atoms with Crippen LogP contribution in [-0.4, -0.2) is 60.0 Å². The number of aromatic nitrogens is 2. The van der Waals surface area contributed by atoms with Gasteiger partial charge in [0.25, 0.3) is 5.91 Å². The summed E-state index contributed by atoms with van der Waals surface area (Å²) >= 11 is 6.14. The Morgan fingerprint density at radius 3 is 2.77 bits per heavy atom. The van der Waals surface area contributed by atoms with Gasteiger partial charge in [-0.25, -0.2) is 4.68 Å². The predicted octanol–water partition coefficient (Wildman–Crippen LogP) is 3.63. The molecule has 30 heavy (non-hydrogen) atoms. The molecule has 8 heteroatoms. The van der Waals surface area contributed by atoms with Crippen LogP contribution in [-0.2, 0) is 4.74 Å². The number of unbranched alkanes of at least 4 members (excludes halogenated alkanes) is 1. The lowest BCUT2D eigenvalue weighted by Crippen LogP contribution is -2.37. The van der Waals surface area contributed by atoms with Crippen molar-refractivity contribution in [1.82, 2.24) is 20.0 Å². The molecule has 0 bridgehead atoms. The molecule has 3 aromatic rings. The Hall–Kier alpha value is -2.61. The van der Waals surface area contributed by atoms with Gasteiger partial charge in [-0.15, -0.1) is 0 Å². The summed E-state index contributed by atoms with van der Waals surface area (Å²) < 4.78 is 12.6. The number of morpholine rings is 1. The second kappa shape index (κ2) is 9.93. The third-order valence-electron chi connectivity index (χ3n) is 5.06. The number of carbonyl (C=O) groups is 1. The Morgan fingerprint density at radius 1 is 1.13 bits per heavy atom. The summed E-state index contributed by atoms with van der Waals surface area (Å²) in [4.78, 5) is 15.1. The van der Waals surface area contributed by atoms with E-state index in [1.54, 1.807) is 35.2 Å². The summed E-state index contributed by atoms with van der Waals surface area (Å²) in [6.07, 6.45) is 3.55. The SMILES string of the molecule is O=C(NCCCCN1CCOCC1)c1cc(-c2ccco2)n(-c2cccc(Cl)c2)n1. The summed E-state index contributed by atoms with van der Waals surface area (Å²) in [5.41, 5.74) is 1.80. The summed E-state index contributed by atoms with van der Waals surface area (Å²) in [6, 6.07) is 12.7. The molecular formula is C22H25ClN4O3. The van der Waals surface area contributed by atoms with Gasteiger partial charge in [-0.05, 0) is 49.7 Å². The quantitative estimate of drug-likeness (QED) is 0.555. The minimum atomic E-state index is -0.199. The fourth-order valence-corrected chi connectivity index (χ4v) is 3.66. The molecule has 1 aliphatic heterocycles. The maximum Gasteiger partial charge on any atom is 0.271 e. The molecule has 0 atom stereocenters. The minimum Gasteiger partial charge on any atom is -0.463 e. The zero-order chi connectivity index (χ0) is 20.8. The summed E-state index contributed by atoms with van der Waals surface area (Å²) in [7, 11) is 0. The molecule has 1 amide bonds. The largest absolute Gasteiger partial charge is 0.463 e. The van der Waals surface area contributed by atoms with Gasteiger partial charge in [-0.1, -0.05) is 17.7 Å². The summed E-state index contributed by atoms with van der Waals surface area (Å²) in [6.45, 7) is 5.24. The summed E-state index contributed by atoms with van der Waals surface area (Å²) in [5, 5.41) is 8.08. The van der Waals surface area contributed by atoms with Gasteiger partial charge >= 0.3 is 0 Å². The molecule has 1 aliphatic rings. The first-order valence-electron chi connectivity index (χ1n) is 10.2. The highest BCUT2D eigenvalue weighted by atomic mass is 35.5. The van der Waals surface area contributed by atoms with Crippen molar-refractivity contribution in [3.05, 3.63) is 59.4 Å². The van der Waals surface area contributed by atoms with Gasteiger partial charge in [0.2, 0.25) is 0 Å². The van der Waals surface area contributed by atoms with Gasteiger partial charge in [-0.2, -0.15) is 5.10 Å². The highest BCUT2D eigenvalue weighted by Gasteiger charge is 2.18. The van der Waals surface area contributed by atoms with Gasteiger partial charge in [0.1, 0.15) is 5.69 Å². The number of amides is 1. The van der Waals surface area contributed by atoms with Crippen LogP contribution in [0.25, 0.3) is 17.1 Å². The van der Waals surface area contributed by atoms with Gasteiger partial charge in [-0.3, -0.25) is 9.69 Å². The van der Waals surface area contributed by atoms with Crippen molar-refractivity contribution in [3.8, 4) is 17.1 Å². The zero-order valence-corrected chi connectivity index (χ0v) is 17.5. The number of rotatable bonds is 8. The Bertz CT molecular complexity index is 965. The molecule has 1 fully saturated rings. The van der Waals surface area contributed by atoms with Crippen LogP contribution >= 0.6 is 11.6 Å². The molecule has 0 aliphatic carbocycles. The lowest BCUT2D eigenvalue weighted by Gasteiger charge is -2.26. The van der Waals surface area contributed by atoms with Crippen LogP contribution in [0.5, 0.6) is 0 Å². The summed E-state index contributed by atoms with van der Waals surface area (Å²) in [5.74, 6) is 0.432. The first kappa shape index (κ1) is 20.7. The van der Waals surface area contributed by atoms with Crippen molar-refractivity contribution in [2.75, 3.05) is 39.4 Å². The average Bonchev–Trinajstić information content (AvgIpc) is 3.44. The van der Waals surface area contributed by atoms with Crippen LogP contribution in [0.1, 0.15) is 23.3 Å². The molecule has 0 unspecified atom stereocenters. The van der Waals surface area contributed by atoms with E-state index in [1.165, 1.54) is 0 Å². The molecule has 158 valence electrons. The molecule has 7 nitrogen and oxygen atoms in total. The smallest absolute Gasteiger partial charge is 0.271 e. The average molecular weight is 429 g/mol. The van der Waals surface area contributed by atoms with E-state index in [0.29, 0.717) is 28.7 Å². The van der Waals surface area contributed by atoms with Gasteiger partial charge < -0.3 is 14.5 Å². The molecule has 0 radical (unpaired) electrons. The van der Waals surface area contributed by atoms with E-state index in [0.717, 1.165) is 51.4 Å². The number of nitrogens with one attached hydrogen (secondary N) is 1. The zero-order valence-electron chi connectivity index (χ0n) is 16.7. The maximum atomic E-state index is 12.7. The van der Waals surface area contributed by atoms with Crippen LogP contribution in [0.2, 0.25) is 5.02 Å². The van der Waals surface area contributed by atoms with Gasteiger partial charge in [0, 0.05) is 30.7 Å². The molecule has 1 saturated heterocycles. The Balaban J connectivity index is 1.39. The highest BCUT2D eigenvalue weighted by Crippen LogP contribution is 2.25. The van der Waals surface area contributed by atoms with E-state index >= 15 is 0 Å². The third kappa shape index (κ3) is 5.11. The first-order chi connectivity index (χ1) is 14.7. The molecular weight excluding hydrogens is 404 g/mol. The Morgan fingerprint density at radius 2 is 2.00 bits per heavy atom. The van der Waals surface area contributed by atoms with E-state index in [1.807, 2.05) is 18.2 Å². The first-order valence-corrected chi connectivity index (χ1v) is 10.6. The second-order valence-corrected chi connectivity index (χ2v) is 7.64. The fraction of sp³-hybridized carbons (Fsp3) is 0.364. The monoisotopic (exact) mass is 428 g/mol. The topological polar surface area (TPSA) is 72.5 Å². The van der Waals surface area contributed by atoms with Crippen molar-refractivity contribution >= 4 is 17.5 Å². The van der Waals surface area contributed by atoms with E-state index < -0.39 is 0 Å². The number of hydrogen-bond acceptors (Lipinski definition) is 5. The Labute approximate surface area is 180 Å². The van der Waals surface area contributed by atoms with Gasteiger partial charge in [0.05, 0.1) is 25.2 Å². The van der Waals surface area contributed by atoms with Crippen molar-refractivity contribution < 1.29 is 13.9 Å². The molecule has 0 spiro atoms. The van der Waals surface area contributed by atoms with Crippen LogP contribution in [0.4, 0.5) is 0 Å². The van der Waals surface area contributed by atoms with Gasteiger partial charge in [0.15, 0.2) is 11.5 Å². The van der Waals surface area contributed by atoms with Crippen molar-refractivity contribution in [1.29, 1.82) is 0 Å². The minimum absolute atomic E-state index is 0.199. The lowest BCUT2D eigenvalue weighted by molar-refractivity contribution is 0.0372. The van der Waals surface area contributed by atoms with Crippen molar-refractivity contribution in [3.63, 3.8) is 0 Å². The van der Waals surface area contributed by atoms with E-state index in [-0.39, 0.29) is 5.91 Å². The standard InChI is InChI=1S/C22H25ClN4O3/c23-17-5-3-6-18(15-17)27-20(21-7-4-12-30-21)16-19(25-27)22(28)24-8-1-2-9-26-10-13-29-14-11-26/h3-7,12,15-16H,1-2,8-11,13-14H2,(H,24,28). The van der Waals surface area contributed by atoms with Crippen molar-refractivity contribution in [2.24, 2.45) is 0 Å².